The Balaban J connectivity index is 2.31. The molecule has 1 atom stereocenters. The molecule has 16 heavy (non-hydrogen) atoms. The summed E-state index contributed by atoms with van der Waals surface area (Å²) in [7, 11) is 0. The third-order valence-electron chi connectivity index (χ3n) is 2.18. The van der Waals surface area contributed by atoms with Gasteiger partial charge in [0.25, 0.3) is 0 Å². The highest BCUT2D eigenvalue weighted by molar-refractivity contribution is 5.56. The molecule has 0 amide bonds. The Morgan fingerprint density at radius 1 is 1.56 bits per heavy atom. The van der Waals surface area contributed by atoms with Crippen molar-refractivity contribution in [2.45, 2.75) is 13.0 Å². The molecule has 2 heterocycles. The van der Waals surface area contributed by atoms with Crippen molar-refractivity contribution in [1.82, 2.24) is 19.7 Å². The molecular formula is C10H14N6. The molecule has 6 heteroatoms. The van der Waals surface area contributed by atoms with Gasteiger partial charge in [0.1, 0.15) is 12.7 Å². The normalized spacial score (nSPS) is 12.4. The van der Waals surface area contributed by atoms with Gasteiger partial charge in [-0.2, -0.15) is 5.10 Å². The molecule has 0 radical (unpaired) electrons. The maximum atomic E-state index is 5.57. The predicted molar refractivity (Wildman–Crippen MR) is 61.3 cm³/mol. The Morgan fingerprint density at radius 2 is 2.44 bits per heavy atom. The van der Waals surface area contributed by atoms with E-state index in [0.717, 1.165) is 11.5 Å². The van der Waals surface area contributed by atoms with Crippen LogP contribution in [0.25, 0.3) is 5.82 Å². The summed E-state index contributed by atoms with van der Waals surface area (Å²) < 4.78 is 1.62. The molecule has 2 aromatic heterocycles. The minimum atomic E-state index is 0.187. The number of nitrogens with zero attached hydrogens (tertiary/aromatic N) is 4. The number of rotatable bonds is 4. The van der Waals surface area contributed by atoms with Gasteiger partial charge < -0.3 is 11.1 Å². The van der Waals surface area contributed by atoms with Crippen LogP contribution in [0.2, 0.25) is 0 Å². The number of pyridine rings is 1. The van der Waals surface area contributed by atoms with Gasteiger partial charge in [0.2, 0.25) is 0 Å². The Kier molecular flexibility index (Phi) is 3.11. The lowest BCUT2D eigenvalue weighted by Gasteiger charge is -2.15. The molecule has 0 aromatic carbocycles. The highest BCUT2D eigenvalue weighted by Crippen LogP contribution is 2.16. The predicted octanol–water partition coefficient (Wildman–Crippen LogP) is 0.421. The van der Waals surface area contributed by atoms with Crippen LogP contribution in [0.5, 0.6) is 0 Å². The fourth-order valence-electron chi connectivity index (χ4n) is 1.33. The van der Waals surface area contributed by atoms with Gasteiger partial charge in [-0.3, -0.25) is 0 Å². The molecule has 1 unspecified atom stereocenters. The van der Waals surface area contributed by atoms with Gasteiger partial charge in [0, 0.05) is 18.8 Å². The summed E-state index contributed by atoms with van der Waals surface area (Å²) in [5.74, 6) is 0.723. The Hall–Kier alpha value is -1.95. The largest absolute Gasteiger partial charge is 0.378 e. The average molecular weight is 218 g/mol. The first kappa shape index (κ1) is 10.6. The molecule has 84 valence electrons. The number of anilines is 1. The van der Waals surface area contributed by atoms with E-state index < -0.39 is 0 Å². The standard InChI is InChI=1S/C10H14N6/c1-8(5-11)15-9-3-2-4-13-10(9)16-7-12-6-14-16/h2-4,6-8,15H,5,11H2,1H3. The third kappa shape index (κ3) is 2.17. The van der Waals surface area contributed by atoms with E-state index >= 15 is 0 Å². The summed E-state index contributed by atoms with van der Waals surface area (Å²) in [6.45, 7) is 2.57. The molecule has 0 fully saturated rings. The number of aromatic nitrogens is 4. The molecule has 0 bridgehead atoms. The second-order valence-corrected chi connectivity index (χ2v) is 3.50. The van der Waals surface area contributed by atoms with Crippen molar-refractivity contribution >= 4 is 5.69 Å². The molecule has 6 nitrogen and oxygen atoms in total. The van der Waals surface area contributed by atoms with Crippen LogP contribution in [0.1, 0.15) is 6.92 Å². The minimum absolute atomic E-state index is 0.187. The first-order valence-electron chi connectivity index (χ1n) is 5.08. The molecule has 2 rings (SSSR count). The zero-order valence-electron chi connectivity index (χ0n) is 9.04. The zero-order valence-corrected chi connectivity index (χ0v) is 9.04. The van der Waals surface area contributed by atoms with Gasteiger partial charge in [-0.15, -0.1) is 0 Å². The zero-order chi connectivity index (χ0) is 11.4. The second-order valence-electron chi connectivity index (χ2n) is 3.50. The summed E-state index contributed by atoms with van der Waals surface area (Å²) >= 11 is 0. The first-order valence-corrected chi connectivity index (χ1v) is 5.08. The van der Waals surface area contributed by atoms with Crippen LogP contribution >= 0.6 is 0 Å². The molecule has 0 aliphatic rings. The van der Waals surface area contributed by atoms with Crippen LogP contribution in [0.15, 0.2) is 31.0 Å². The van der Waals surface area contributed by atoms with Crippen molar-refractivity contribution in [3.8, 4) is 5.82 Å². The third-order valence-corrected chi connectivity index (χ3v) is 2.18. The van der Waals surface area contributed by atoms with Gasteiger partial charge in [-0.25, -0.2) is 14.6 Å². The number of nitrogens with one attached hydrogen (secondary N) is 1. The van der Waals surface area contributed by atoms with Gasteiger partial charge in [-0.05, 0) is 19.1 Å². The van der Waals surface area contributed by atoms with E-state index in [9.17, 15) is 0 Å². The lowest BCUT2D eigenvalue weighted by Crippen LogP contribution is -2.26. The van der Waals surface area contributed by atoms with E-state index in [0.29, 0.717) is 6.54 Å². The summed E-state index contributed by atoms with van der Waals surface area (Å²) in [4.78, 5) is 8.16. The van der Waals surface area contributed by atoms with Crippen LogP contribution in [0, 0.1) is 0 Å². The van der Waals surface area contributed by atoms with Crippen LogP contribution in [-0.2, 0) is 0 Å². The SMILES string of the molecule is CC(CN)Nc1cccnc1-n1cncn1. The fourth-order valence-corrected chi connectivity index (χ4v) is 1.33. The lowest BCUT2D eigenvalue weighted by molar-refractivity contribution is 0.790. The number of hydrogen-bond donors (Lipinski definition) is 2. The molecule has 3 N–H and O–H groups in total. The van der Waals surface area contributed by atoms with Crippen molar-refractivity contribution < 1.29 is 0 Å². The quantitative estimate of drug-likeness (QED) is 0.777. The maximum Gasteiger partial charge on any atom is 0.178 e. The van der Waals surface area contributed by atoms with Crippen molar-refractivity contribution in [2.24, 2.45) is 5.73 Å². The van der Waals surface area contributed by atoms with Crippen molar-refractivity contribution in [3.63, 3.8) is 0 Å². The monoisotopic (exact) mass is 218 g/mol. The minimum Gasteiger partial charge on any atom is -0.378 e. The highest BCUT2D eigenvalue weighted by atomic mass is 15.3. The van der Waals surface area contributed by atoms with Crippen LogP contribution < -0.4 is 11.1 Å². The number of nitrogens with two attached hydrogens (primary N) is 1. The number of hydrogen-bond acceptors (Lipinski definition) is 5. The Labute approximate surface area is 93.5 Å². The van der Waals surface area contributed by atoms with E-state index in [4.69, 9.17) is 5.73 Å². The molecule has 0 aliphatic carbocycles. The summed E-state index contributed by atoms with van der Waals surface area (Å²) in [5.41, 5.74) is 6.47. The van der Waals surface area contributed by atoms with Gasteiger partial charge in [0.15, 0.2) is 5.82 Å². The molecule has 0 aliphatic heterocycles. The van der Waals surface area contributed by atoms with E-state index in [2.05, 4.69) is 20.4 Å². The summed E-state index contributed by atoms with van der Waals surface area (Å²) in [6.07, 6.45) is 4.81. The molecule has 2 aromatic rings. The fraction of sp³-hybridized carbons (Fsp3) is 0.300. The van der Waals surface area contributed by atoms with Crippen molar-refractivity contribution in [1.29, 1.82) is 0 Å². The smallest absolute Gasteiger partial charge is 0.178 e. The van der Waals surface area contributed by atoms with E-state index in [1.807, 2.05) is 19.1 Å². The topological polar surface area (TPSA) is 81.6 Å². The van der Waals surface area contributed by atoms with Gasteiger partial charge >= 0.3 is 0 Å². The summed E-state index contributed by atoms with van der Waals surface area (Å²) in [5, 5.41) is 7.32. The Bertz CT molecular complexity index is 438. The first-order chi connectivity index (χ1) is 7.81. The van der Waals surface area contributed by atoms with E-state index in [1.165, 1.54) is 6.33 Å². The maximum absolute atomic E-state index is 5.57. The molecule has 0 spiro atoms. The van der Waals surface area contributed by atoms with Crippen LogP contribution in [0.4, 0.5) is 5.69 Å². The van der Waals surface area contributed by atoms with Crippen molar-refractivity contribution in [2.75, 3.05) is 11.9 Å². The second kappa shape index (κ2) is 4.71. The summed E-state index contributed by atoms with van der Waals surface area (Å²) in [6, 6.07) is 3.99. The average Bonchev–Trinajstić information content (AvgIpc) is 2.83. The van der Waals surface area contributed by atoms with Gasteiger partial charge in [-0.1, -0.05) is 0 Å². The van der Waals surface area contributed by atoms with Gasteiger partial charge in [0.05, 0.1) is 5.69 Å². The molecular weight excluding hydrogens is 204 g/mol. The van der Waals surface area contributed by atoms with Crippen LogP contribution in [0.3, 0.4) is 0 Å². The lowest BCUT2D eigenvalue weighted by atomic mass is 10.3. The van der Waals surface area contributed by atoms with E-state index in [1.54, 1.807) is 17.2 Å². The van der Waals surface area contributed by atoms with E-state index in [-0.39, 0.29) is 6.04 Å². The highest BCUT2D eigenvalue weighted by Gasteiger charge is 2.07. The van der Waals surface area contributed by atoms with Crippen molar-refractivity contribution in [3.05, 3.63) is 31.0 Å². The molecule has 0 saturated carbocycles. The molecule has 0 saturated heterocycles. The Morgan fingerprint density at radius 3 is 3.12 bits per heavy atom. The van der Waals surface area contributed by atoms with Crippen LogP contribution in [-0.4, -0.2) is 32.3 Å².